The molecule has 2 heterocycles. The van der Waals surface area contributed by atoms with Gasteiger partial charge in [0.1, 0.15) is 0 Å². The fourth-order valence-electron chi connectivity index (χ4n) is 3.32. The summed E-state index contributed by atoms with van der Waals surface area (Å²) < 4.78 is 0. The van der Waals surface area contributed by atoms with Gasteiger partial charge >= 0.3 is 0 Å². The molecule has 0 spiro atoms. The molecule has 1 amide bonds. The Balaban J connectivity index is 1.49. The van der Waals surface area contributed by atoms with Crippen molar-refractivity contribution in [2.45, 2.75) is 13.8 Å². The molecule has 0 radical (unpaired) electrons. The van der Waals surface area contributed by atoms with Gasteiger partial charge in [-0.25, -0.2) is 9.97 Å². The summed E-state index contributed by atoms with van der Waals surface area (Å²) in [7, 11) is 0. The monoisotopic (exact) mass is 379 g/mol. The Morgan fingerprint density at radius 2 is 1.68 bits per heavy atom. The Bertz CT molecular complexity index is 763. The van der Waals surface area contributed by atoms with Crippen LogP contribution in [0.1, 0.15) is 29.8 Å². The van der Waals surface area contributed by atoms with Gasteiger partial charge in [0.2, 0.25) is 5.95 Å². The van der Waals surface area contributed by atoms with Gasteiger partial charge in [0.15, 0.2) is 0 Å². The van der Waals surface area contributed by atoms with Crippen LogP contribution in [0.15, 0.2) is 48.8 Å². The van der Waals surface area contributed by atoms with Crippen molar-refractivity contribution in [3.63, 3.8) is 0 Å². The Hall–Kier alpha value is -2.73. The van der Waals surface area contributed by atoms with Gasteiger partial charge in [0.05, 0.1) is 5.56 Å². The molecular weight excluding hydrogens is 350 g/mol. The van der Waals surface area contributed by atoms with E-state index >= 15 is 0 Å². The van der Waals surface area contributed by atoms with E-state index in [0.717, 1.165) is 32.7 Å². The molecule has 6 heteroatoms. The lowest BCUT2D eigenvalue weighted by atomic mass is 10.2. The van der Waals surface area contributed by atoms with Gasteiger partial charge in [-0.1, -0.05) is 42.5 Å². The fraction of sp³-hybridized carbons (Fsp3) is 0.409. The number of hydrogen-bond acceptors (Lipinski definition) is 5. The predicted molar refractivity (Wildman–Crippen MR) is 113 cm³/mol. The van der Waals surface area contributed by atoms with Crippen molar-refractivity contribution in [2.75, 3.05) is 50.7 Å². The van der Waals surface area contributed by atoms with Crippen LogP contribution in [0.5, 0.6) is 0 Å². The molecule has 0 atom stereocenters. The van der Waals surface area contributed by atoms with Gasteiger partial charge in [-0.2, -0.15) is 0 Å². The van der Waals surface area contributed by atoms with Gasteiger partial charge in [-0.3, -0.25) is 9.69 Å². The zero-order valence-electron chi connectivity index (χ0n) is 16.8. The minimum Gasteiger partial charge on any atom is -0.339 e. The van der Waals surface area contributed by atoms with Crippen molar-refractivity contribution in [1.82, 2.24) is 19.8 Å². The van der Waals surface area contributed by atoms with Crippen LogP contribution in [0.3, 0.4) is 0 Å². The fourth-order valence-corrected chi connectivity index (χ4v) is 3.32. The van der Waals surface area contributed by atoms with Gasteiger partial charge < -0.3 is 9.80 Å². The third-order valence-electron chi connectivity index (χ3n) is 5.06. The quantitative estimate of drug-likeness (QED) is 0.740. The van der Waals surface area contributed by atoms with E-state index in [0.29, 0.717) is 24.6 Å². The maximum atomic E-state index is 12.4. The van der Waals surface area contributed by atoms with Gasteiger partial charge in [-0.15, -0.1) is 0 Å². The molecule has 1 fully saturated rings. The van der Waals surface area contributed by atoms with Gasteiger partial charge in [0, 0.05) is 58.2 Å². The second-order valence-electron chi connectivity index (χ2n) is 6.85. The van der Waals surface area contributed by atoms with Crippen LogP contribution >= 0.6 is 0 Å². The van der Waals surface area contributed by atoms with Crippen LogP contribution in [0, 0.1) is 0 Å². The SMILES string of the molecule is CCN(CC)C(=O)c1cnc(N2CCN(C/C=C/c3ccccc3)CC2)nc1. The number of nitrogens with zero attached hydrogens (tertiary/aromatic N) is 5. The molecule has 0 aliphatic carbocycles. The molecule has 6 nitrogen and oxygen atoms in total. The average Bonchev–Trinajstić information content (AvgIpc) is 2.76. The highest BCUT2D eigenvalue weighted by Crippen LogP contribution is 2.12. The molecule has 1 aromatic carbocycles. The lowest BCUT2D eigenvalue weighted by Gasteiger charge is -2.34. The largest absolute Gasteiger partial charge is 0.339 e. The number of benzene rings is 1. The first-order valence-electron chi connectivity index (χ1n) is 10.0. The van der Waals surface area contributed by atoms with E-state index < -0.39 is 0 Å². The predicted octanol–water partition coefficient (Wildman–Crippen LogP) is 2.79. The van der Waals surface area contributed by atoms with Crippen molar-refractivity contribution >= 4 is 17.9 Å². The Morgan fingerprint density at radius 1 is 1.04 bits per heavy atom. The summed E-state index contributed by atoms with van der Waals surface area (Å²) in [6.45, 7) is 10.0. The molecule has 1 saturated heterocycles. The number of amides is 1. The maximum Gasteiger partial charge on any atom is 0.256 e. The van der Waals surface area contributed by atoms with E-state index in [2.05, 4.69) is 56.2 Å². The first-order valence-corrected chi connectivity index (χ1v) is 10.0. The number of rotatable bonds is 7. The third kappa shape index (κ3) is 5.16. The lowest BCUT2D eigenvalue weighted by molar-refractivity contribution is 0.0772. The zero-order valence-corrected chi connectivity index (χ0v) is 16.8. The number of piperazine rings is 1. The number of carbonyl (C=O) groups excluding carboxylic acids is 1. The summed E-state index contributed by atoms with van der Waals surface area (Å²) in [5.41, 5.74) is 1.78. The van der Waals surface area contributed by atoms with Crippen molar-refractivity contribution in [3.05, 3.63) is 59.9 Å². The molecule has 1 aliphatic heterocycles. The molecule has 1 aliphatic rings. The summed E-state index contributed by atoms with van der Waals surface area (Å²) in [6.07, 6.45) is 7.69. The summed E-state index contributed by atoms with van der Waals surface area (Å²) in [6, 6.07) is 10.4. The van der Waals surface area contributed by atoms with Gasteiger partial charge in [0.25, 0.3) is 5.91 Å². The average molecular weight is 380 g/mol. The normalized spacial score (nSPS) is 15.1. The third-order valence-corrected chi connectivity index (χ3v) is 5.06. The number of aromatic nitrogens is 2. The number of carbonyl (C=O) groups is 1. The summed E-state index contributed by atoms with van der Waals surface area (Å²) in [5, 5.41) is 0. The second kappa shape index (κ2) is 9.99. The highest BCUT2D eigenvalue weighted by Gasteiger charge is 2.19. The first kappa shape index (κ1) is 20.0. The van der Waals surface area contributed by atoms with E-state index in [4.69, 9.17) is 0 Å². The highest BCUT2D eigenvalue weighted by atomic mass is 16.2. The van der Waals surface area contributed by atoms with Crippen molar-refractivity contribution in [3.8, 4) is 0 Å². The second-order valence-corrected chi connectivity index (χ2v) is 6.85. The summed E-state index contributed by atoms with van der Waals surface area (Å²) in [4.78, 5) is 27.6. The minimum atomic E-state index is -0.00780. The van der Waals surface area contributed by atoms with E-state index in [1.807, 2.05) is 19.9 Å². The topological polar surface area (TPSA) is 52.6 Å². The standard InChI is InChI=1S/C22H29N5O/c1-3-26(4-2)21(28)20-17-23-22(24-18-20)27-15-13-25(14-16-27)12-8-11-19-9-6-5-7-10-19/h5-11,17-18H,3-4,12-16H2,1-2H3/b11-8+. The minimum absolute atomic E-state index is 0.00780. The zero-order chi connectivity index (χ0) is 19.8. The highest BCUT2D eigenvalue weighted by molar-refractivity contribution is 5.93. The summed E-state index contributed by atoms with van der Waals surface area (Å²) in [5.74, 6) is 0.696. The van der Waals surface area contributed by atoms with E-state index in [1.54, 1.807) is 17.3 Å². The van der Waals surface area contributed by atoms with E-state index in [9.17, 15) is 4.79 Å². The smallest absolute Gasteiger partial charge is 0.256 e. The molecule has 0 N–H and O–H groups in total. The molecule has 0 unspecified atom stereocenters. The molecule has 148 valence electrons. The summed E-state index contributed by atoms with van der Waals surface area (Å²) >= 11 is 0. The van der Waals surface area contributed by atoms with Crippen LogP contribution in [-0.4, -0.2) is 71.5 Å². The molecule has 2 aromatic rings. The van der Waals surface area contributed by atoms with Crippen LogP contribution in [0.2, 0.25) is 0 Å². The molecule has 0 bridgehead atoms. The molecule has 3 rings (SSSR count). The van der Waals surface area contributed by atoms with Crippen LogP contribution < -0.4 is 4.90 Å². The molecule has 1 aromatic heterocycles. The Kier molecular flexibility index (Phi) is 7.14. The number of anilines is 1. The van der Waals surface area contributed by atoms with Crippen LogP contribution in [0.4, 0.5) is 5.95 Å². The van der Waals surface area contributed by atoms with Gasteiger partial charge in [-0.05, 0) is 19.4 Å². The maximum absolute atomic E-state index is 12.4. The van der Waals surface area contributed by atoms with Crippen molar-refractivity contribution < 1.29 is 4.79 Å². The molecular formula is C22H29N5O. The first-order chi connectivity index (χ1) is 13.7. The van der Waals surface area contributed by atoms with Crippen LogP contribution in [-0.2, 0) is 0 Å². The number of hydrogen-bond donors (Lipinski definition) is 0. The lowest BCUT2D eigenvalue weighted by Crippen LogP contribution is -2.47. The van der Waals surface area contributed by atoms with Crippen molar-refractivity contribution in [1.29, 1.82) is 0 Å². The van der Waals surface area contributed by atoms with Crippen LogP contribution in [0.25, 0.3) is 6.08 Å². The Labute approximate surface area is 167 Å². The molecule has 28 heavy (non-hydrogen) atoms. The van der Waals surface area contributed by atoms with E-state index in [-0.39, 0.29) is 5.91 Å². The Morgan fingerprint density at radius 3 is 2.29 bits per heavy atom. The molecule has 0 saturated carbocycles. The van der Waals surface area contributed by atoms with E-state index in [1.165, 1.54) is 5.56 Å². The van der Waals surface area contributed by atoms with Crippen molar-refractivity contribution in [2.24, 2.45) is 0 Å².